The van der Waals surface area contributed by atoms with E-state index in [0.29, 0.717) is 13.2 Å². The van der Waals surface area contributed by atoms with Gasteiger partial charge in [-0.05, 0) is 63.4 Å². The Balaban J connectivity index is 1.40. The molecule has 0 radical (unpaired) electrons. The van der Waals surface area contributed by atoms with E-state index < -0.39 is 0 Å². The molecule has 4 heterocycles. The van der Waals surface area contributed by atoms with Crippen molar-refractivity contribution >= 4 is 22.6 Å². The van der Waals surface area contributed by atoms with Crippen LogP contribution in [0.4, 0.5) is 5.82 Å². The Labute approximate surface area is 197 Å². The number of hydrogen-bond donors (Lipinski definition) is 1. The number of fused-ring (bicyclic) bond motifs is 1. The third-order valence-corrected chi connectivity index (χ3v) is 7.26. The molecule has 172 valence electrons. The number of H-pyrrole nitrogens is 1. The lowest BCUT2D eigenvalue weighted by Gasteiger charge is -2.36. The summed E-state index contributed by atoms with van der Waals surface area (Å²) in [6.07, 6.45) is 3.45. The zero-order valence-corrected chi connectivity index (χ0v) is 19.9. The number of pyridine rings is 1. The predicted molar refractivity (Wildman–Crippen MR) is 131 cm³/mol. The Hall–Kier alpha value is -2.84. The van der Waals surface area contributed by atoms with Crippen LogP contribution in [-0.4, -0.2) is 32.0 Å². The van der Waals surface area contributed by atoms with Crippen LogP contribution in [0.1, 0.15) is 61.7 Å². The summed E-state index contributed by atoms with van der Waals surface area (Å²) in [5, 5.41) is 3.92. The summed E-state index contributed by atoms with van der Waals surface area (Å²) in [5.74, 6) is 1.52. The maximum absolute atomic E-state index is 13.1. The standard InChI is InChI=1S/C25H28N4O3S/c1-16-27-23-21(24(30)28-29(23)19-11-13-32-25(2,3)14-19)22(33-16)17-7-9-20(10-8-17)31-15-18-6-4-5-12-26-18/h4-10,12,19,22H,11,13-15H2,1-3H3,(H,28,30)/t19-,22-/m0/s1. The van der Waals surface area contributed by atoms with Crippen molar-refractivity contribution in [1.82, 2.24) is 14.8 Å². The monoisotopic (exact) mass is 464 g/mol. The molecule has 1 saturated heterocycles. The number of thioether (sulfide) groups is 1. The van der Waals surface area contributed by atoms with Crippen molar-refractivity contribution in [2.75, 3.05) is 6.61 Å². The molecule has 2 aliphatic heterocycles. The normalized spacial score (nSPS) is 21.8. The SMILES string of the molecule is CC1=Nc2c(c(=O)[nH]n2[C@H]2CCOC(C)(C)C2)[C@H](c2ccc(OCc3ccccn3)cc2)S1. The number of aromatic nitrogens is 3. The first kappa shape index (κ1) is 22.0. The van der Waals surface area contributed by atoms with E-state index in [1.165, 1.54) is 0 Å². The van der Waals surface area contributed by atoms with Gasteiger partial charge in [0.05, 0.1) is 33.2 Å². The van der Waals surface area contributed by atoms with Gasteiger partial charge in [0.1, 0.15) is 12.4 Å². The largest absolute Gasteiger partial charge is 0.487 e. The molecule has 7 nitrogen and oxygen atoms in total. The van der Waals surface area contributed by atoms with Crippen LogP contribution in [0.2, 0.25) is 0 Å². The first-order chi connectivity index (χ1) is 15.9. The van der Waals surface area contributed by atoms with E-state index >= 15 is 0 Å². The lowest BCUT2D eigenvalue weighted by atomic mass is 9.94. The van der Waals surface area contributed by atoms with Gasteiger partial charge in [-0.25, -0.2) is 4.99 Å². The lowest BCUT2D eigenvalue weighted by Crippen LogP contribution is -2.35. The van der Waals surface area contributed by atoms with Crippen LogP contribution in [-0.2, 0) is 11.3 Å². The molecule has 33 heavy (non-hydrogen) atoms. The second kappa shape index (κ2) is 8.83. The summed E-state index contributed by atoms with van der Waals surface area (Å²) in [7, 11) is 0. The van der Waals surface area contributed by atoms with E-state index in [9.17, 15) is 4.79 Å². The van der Waals surface area contributed by atoms with E-state index in [-0.39, 0.29) is 22.5 Å². The fraction of sp³-hybridized carbons (Fsp3) is 0.400. The smallest absolute Gasteiger partial charge is 0.271 e. The molecule has 1 aromatic carbocycles. The fourth-order valence-corrected chi connectivity index (χ4v) is 5.61. The number of ether oxygens (including phenoxy) is 2. The number of nitrogens with zero attached hydrogens (tertiary/aromatic N) is 3. The number of aliphatic imine (C=N–C) groups is 1. The highest BCUT2D eigenvalue weighted by Crippen LogP contribution is 2.45. The van der Waals surface area contributed by atoms with Crippen molar-refractivity contribution in [3.8, 4) is 5.75 Å². The highest BCUT2D eigenvalue weighted by Gasteiger charge is 2.35. The summed E-state index contributed by atoms with van der Waals surface area (Å²) in [4.78, 5) is 22.2. The summed E-state index contributed by atoms with van der Waals surface area (Å²) >= 11 is 1.61. The maximum Gasteiger partial charge on any atom is 0.271 e. The van der Waals surface area contributed by atoms with Crippen LogP contribution in [0.15, 0.2) is 58.4 Å². The predicted octanol–water partition coefficient (Wildman–Crippen LogP) is 5.17. The third-order valence-electron chi connectivity index (χ3n) is 6.08. The molecule has 0 amide bonds. The Morgan fingerprint density at radius 2 is 2.06 bits per heavy atom. The van der Waals surface area contributed by atoms with Gasteiger partial charge in [-0.2, -0.15) is 0 Å². The van der Waals surface area contributed by atoms with Gasteiger partial charge in [-0.15, -0.1) is 0 Å². The molecule has 0 bridgehead atoms. The van der Waals surface area contributed by atoms with Crippen molar-refractivity contribution in [1.29, 1.82) is 0 Å². The van der Waals surface area contributed by atoms with Crippen molar-refractivity contribution in [2.24, 2.45) is 4.99 Å². The van der Waals surface area contributed by atoms with Crippen molar-refractivity contribution in [2.45, 2.75) is 57.1 Å². The van der Waals surface area contributed by atoms with Crippen LogP contribution < -0.4 is 10.3 Å². The molecule has 5 rings (SSSR count). The minimum atomic E-state index is -0.219. The van der Waals surface area contributed by atoms with Crippen molar-refractivity contribution in [3.05, 3.63) is 75.8 Å². The van der Waals surface area contributed by atoms with Gasteiger partial charge < -0.3 is 9.47 Å². The van der Waals surface area contributed by atoms with Crippen LogP contribution in [0, 0.1) is 0 Å². The lowest BCUT2D eigenvalue weighted by molar-refractivity contribution is -0.0705. The quantitative estimate of drug-likeness (QED) is 0.564. The average molecular weight is 465 g/mol. The highest BCUT2D eigenvalue weighted by atomic mass is 32.2. The van der Waals surface area contributed by atoms with E-state index in [1.54, 1.807) is 18.0 Å². The summed E-state index contributed by atoms with van der Waals surface area (Å²) in [5.41, 5.74) is 2.36. The molecule has 8 heteroatoms. The van der Waals surface area contributed by atoms with Crippen LogP contribution in [0.5, 0.6) is 5.75 Å². The molecule has 3 aromatic rings. The first-order valence-corrected chi connectivity index (χ1v) is 12.1. The topological polar surface area (TPSA) is 81.5 Å². The van der Waals surface area contributed by atoms with Crippen LogP contribution >= 0.6 is 11.8 Å². The van der Waals surface area contributed by atoms with Crippen LogP contribution in [0.3, 0.4) is 0 Å². The molecule has 2 atom stereocenters. The van der Waals surface area contributed by atoms with Gasteiger partial charge in [0.2, 0.25) is 0 Å². The molecule has 2 aliphatic rings. The molecule has 1 fully saturated rings. The third kappa shape index (κ3) is 4.63. The van der Waals surface area contributed by atoms with Crippen LogP contribution in [0.25, 0.3) is 0 Å². The second-order valence-electron chi connectivity index (χ2n) is 9.11. The van der Waals surface area contributed by atoms with E-state index in [4.69, 9.17) is 14.5 Å². The summed E-state index contributed by atoms with van der Waals surface area (Å²) in [6, 6.07) is 13.9. The molecular weight excluding hydrogens is 436 g/mol. The second-order valence-corrected chi connectivity index (χ2v) is 10.4. The van der Waals surface area contributed by atoms with Crippen molar-refractivity contribution in [3.63, 3.8) is 0 Å². The van der Waals surface area contributed by atoms with Gasteiger partial charge in [0.15, 0.2) is 5.82 Å². The summed E-state index contributed by atoms with van der Waals surface area (Å²) in [6.45, 7) is 7.28. The minimum Gasteiger partial charge on any atom is -0.487 e. The molecular formula is C25H28N4O3S. The van der Waals surface area contributed by atoms with E-state index in [2.05, 4.69) is 23.9 Å². The van der Waals surface area contributed by atoms with Gasteiger partial charge in [-0.3, -0.25) is 19.6 Å². The molecule has 1 N–H and O–H groups in total. The first-order valence-electron chi connectivity index (χ1n) is 11.2. The number of nitrogens with one attached hydrogen (secondary N) is 1. The maximum atomic E-state index is 13.1. The van der Waals surface area contributed by atoms with Gasteiger partial charge in [-0.1, -0.05) is 30.0 Å². The number of benzene rings is 1. The van der Waals surface area contributed by atoms with Gasteiger partial charge >= 0.3 is 0 Å². The van der Waals surface area contributed by atoms with E-state index in [1.807, 2.05) is 54.1 Å². The average Bonchev–Trinajstić information content (AvgIpc) is 3.14. The van der Waals surface area contributed by atoms with Gasteiger partial charge in [0, 0.05) is 12.8 Å². The fourth-order valence-electron chi connectivity index (χ4n) is 4.51. The number of hydrogen-bond acceptors (Lipinski definition) is 6. The minimum absolute atomic E-state index is 0.0708. The Morgan fingerprint density at radius 1 is 1.24 bits per heavy atom. The zero-order chi connectivity index (χ0) is 23.0. The van der Waals surface area contributed by atoms with Crippen molar-refractivity contribution < 1.29 is 9.47 Å². The highest BCUT2D eigenvalue weighted by molar-refractivity contribution is 8.14. The zero-order valence-electron chi connectivity index (χ0n) is 19.1. The Kier molecular flexibility index (Phi) is 5.88. The molecule has 2 aromatic heterocycles. The number of aromatic amines is 1. The molecule has 0 unspecified atom stereocenters. The Bertz CT molecular complexity index is 1210. The molecule has 0 spiro atoms. The molecule has 0 saturated carbocycles. The molecule has 0 aliphatic carbocycles. The number of rotatable bonds is 5. The summed E-state index contributed by atoms with van der Waals surface area (Å²) < 4.78 is 13.7. The Morgan fingerprint density at radius 3 is 2.79 bits per heavy atom. The van der Waals surface area contributed by atoms with E-state index in [0.717, 1.165) is 46.3 Å². The van der Waals surface area contributed by atoms with Gasteiger partial charge in [0.25, 0.3) is 5.56 Å².